The lowest BCUT2D eigenvalue weighted by Gasteiger charge is -2.12. The number of carbonyl (C=O) groups is 1. The Morgan fingerprint density at radius 1 is 1.08 bits per heavy atom. The third-order valence-corrected chi connectivity index (χ3v) is 6.41. The van der Waals surface area contributed by atoms with Gasteiger partial charge in [0.05, 0.1) is 5.25 Å². The zero-order chi connectivity index (χ0) is 18.2. The number of benzene rings is 2. The molecule has 1 amide bonds. The molecule has 134 valence electrons. The minimum atomic E-state index is -0.163. The Balaban J connectivity index is 1.68. The summed E-state index contributed by atoms with van der Waals surface area (Å²) < 4.78 is 0. The van der Waals surface area contributed by atoms with E-state index in [0.717, 1.165) is 22.0 Å². The van der Waals surface area contributed by atoms with Gasteiger partial charge < -0.3 is 5.32 Å². The van der Waals surface area contributed by atoms with Crippen molar-refractivity contribution in [1.82, 2.24) is 5.32 Å². The molecule has 0 aliphatic rings. The Morgan fingerprint density at radius 3 is 2.36 bits per heavy atom. The lowest BCUT2D eigenvalue weighted by atomic mass is 10.2. The summed E-state index contributed by atoms with van der Waals surface area (Å²) in [4.78, 5) is 13.2. The van der Waals surface area contributed by atoms with Crippen molar-refractivity contribution in [2.75, 3.05) is 12.3 Å². The molecule has 0 unspecified atom stereocenters. The summed E-state index contributed by atoms with van der Waals surface area (Å²) in [6.45, 7) is 2.50. The predicted molar refractivity (Wildman–Crippen MR) is 112 cm³/mol. The lowest BCUT2D eigenvalue weighted by molar-refractivity contribution is -0.120. The van der Waals surface area contributed by atoms with Gasteiger partial charge in [-0.2, -0.15) is 11.8 Å². The van der Waals surface area contributed by atoms with Crippen LogP contribution in [0.25, 0.3) is 0 Å². The van der Waals surface area contributed by atoms with Crippen LogP contribution in [0, 0.1) is 0 Å². The van der Waals surface area contributed by atoms with E-state index in [4.69, 9.17) is 34.8 Å². The van der Waals surface area contributed by atoms with Gasteiger partial charge in [0.25, 0.3) is 0 Å². The molecular formula is C18H18Cl3NOS2. The molecule has 0 fully saturated rings. The van der Waals surface area contributed by atoms with Gasteiger partial charge in [0, 0.05) is 38.0 Å². The fourth-order valence-electron chi connectivity index (χ4n) is 2.01. The van der Waals surface area contributed by atoms with Crippen molar-refractivity contribution >= 4 is 64.2 Å². The summed E-state index contributed by atoms with van der Waals surface area (Å²) in [6.07, 6.45) is 0. The predicted octanol–water partition coefficient (Wildman–Crippen LogP) is 6.18. The quantitative estimate of drug-likeness (QED) is 0.397. The van der Waals surface area contributed by atoms with Crippen molar-refractivity contribution in [2.24, 2.45) is 0 Å². The van der Waals surface area contributed by atoms with E-state index in [1.165, 1.54) is 11.8 Å². The van der Waals surface area contributed by atoms with Crippen molar-refractivity contribution in [3.05, 3.63) is 63.1 Å². The zero-order valence-corrected chi connectivity index (χ0v) is 17.5. The van der Waals surface area contributed by atoms with Crippen LogP contribution in [0.15, 0.2) is 47.4 Å². The number of rotatable bonds is 8. The number of amides is 1. The van der Waals surface area contributed by atoms with E-state index in [-0.39, 0.29) is 11.2 Å². The van der Waals surface area contributed by atoms with Crippen molar-refractivity contribution in [2.45, 2.75) is 22.8 Å². The maximum absolute atomic E-state index is 12.1. The van der Waals surface area contributed by atoms with Crippen LogP contribution in [-0.4, -0.2) is 23.5 Å². The van der Waals surface area contributed by atoms with Crippen LogP contribution in [0.2, 0.25) is 15.1 Å². The molecule has 0 heterocycles. The molecule has 0 saturated heterocycles. The van der Waals surface area contributed by atoms with Crippen LogP contribution in [0.4, 0.5) is 0 Å². The third-order valence-electron chi connectivity index (χ3n) is 3.35. The van der Waals surface area contributed by atoms with E-state index < -0.39 is 0 Å². The molecule has 0 saturated carbocycles. The van der Waals surface area contributed by atoms with Crippen molar-refractivity contribution in [3.63, 3.8) is 0 Å². The molecule has 0 aliphatic heterocycles. The van der Waals surface area contributed by atoms with E-state index in [0.29, 0.717) is 21.6 Å². The lowest BCUT2D eigenvalue weighted by Crippen LogP contribution is -2.32. The maximum Gasteiger partial charge on any atom is 0.233 e. The zero-order valence-electron chi connectivity index (χ0n) is 13.6. The molecule has 0 aromatic heterocycles. The molecule has 1 N–H and O–H groups in total. The highest BCUT2D eigenvalue weighted by Crippen LogP contribution is 2.28. The van der Waals surface area contributed by atoms with Gasteiger partial charge in [-0.1, -0.05) is 40.9 Å². The van der Waals surface area contributed by atoms with Crippen LogP contribution < -0.4 is 5.32 Å². The first-order chi connectivity index (χ1) is 12.0. The maximum atomic E-state index is 12.1. The number of hydrogen-bond donors (Lipinski definition) is 1. The van der Waals surface area contributed by atoms with Crippen LogP contribution in [0.5, 0.6) is 0 Å². The topological polar surface area (TPSA) is 29.1 Å². The average molecular weight is 435 g/mol. The smallest absolute Gasteiger partial charge is 0.233 e. The van der Waals surface area contributed by atoms with Gasteiger partial charge >= 0.3 is 0 Å². The molecule has 0 aliphatic carbocycles. The van der Waals surface area contributed by atoms with Crippen LogP contribution in [0.1, 0.15) is 12.5 Å². The third kappa shape index (κ3) is 6.95. The van der Waals surface area contributed by atoms with E-state index in [1.807, 2.05) is 49.4 Å². The van der Waals surface area contributed by atoms with Crippen LogP contribution >= 0.6 is 58.3 Å². The second-order valence-corrected chi connectivity index (χ2v) is 9.03. The van der Waals surface area contributed by atoms with E-state index in [2.05, 4.69) is 5.32 Å². The summed E-state index contributed by atoms with van der Waals surface area (Å²) in [5.74, 6) is 1.55. The molecule has 1 atom stereocenters. The fourth-order valence-corrected chi connectivity index (χ4v) is 4.62. The van der Waals surface area contributed by atoms with Gasteiger partial charge in [0.2, 0.25) is 5.91 Å². The van der Waals surface area contributed by atoms with Gasteiger partial charge in [0.15, 0.2) is 0 Å². The highest BCUT2D eigenvalue weighted by molar-refractivity contribution is 8.00. The summed E-state index contributed by atoms with van der Waals surface area (Å²) in [7, 11) is 0. The molecule has 0 radical (unpaired) electrons. The van der Waals surface area contributed by atoms with Gasteiger partial charge in [-0.25, -0.2) is 0 Å². The fraction of sp³-hybridized carbons (Fsp3) is 0.278. The van der Waals surface area contributed by atoms with Gasteiger partial charge in [-0.3, -0.25) is 4.79 Å². The SMILES string of the molecule is C[C@H](Sc1ccc(Cl)cc1)C(=O)NCCSCc1c(Cl)cccc1Cl. The molecule has 2 aromatic carbocycles. The Bertz CT molecular complexity index is 690. The second kappa shape index (κ2) is 10.6. The average Bonchev–Trinajstić information content (AvgIpc) is 2.58. The molecule has 2 nitrogen and oxygen atoms in total. The monoisotopic (exact) mass is 433 g/mol. The molecular weight excluding hydrogens is 417 g/mol. The minimum Gasteiger partial charge on any atom is -0.354 e. The normalized spacial score (nSPS) is 12.0. The van der Waals surface area contributed by atoms with Crippen molar-refractivity contribution in [1.29, 1.82) is 0 Å². The highest BCUT2D eigenvalue weighted by Gasteiger charge is 2.13. The Labute approximate surface area is 172 Å². The van der Waals surface area contributed by atoms with Crippen LogP contribution in [-0.2, 0) is 10.5 Å². The minimum absolute atomic E-state index is 0.0244. The van der Waals surface area contributed by atoms with Gasteiger partial charge in [-0.15, -0.1) is 11.8 Å². The number of halogens is 3. The van der Waals surface area contributed by atoms with E-state index in [1.54, 1.807) is 11.8 Å². The first-order valence-electron chi connectivity index (χ1n) is 7.68. The van der Waals surface area contributed by atoms with E-state index in [9.17, 15) is 4.79 Å². The van der Waals surface area contributed by atoms with Crippen LogP contribution in [0.3, 0.4) is 0 Å². The molecule has 25 heavy (non-hydrogen) atoms. The number of thioether (sulfide) groups is 2. The molecule has 0 bridgehead atoms. The number of hydrogen-bond acceptors (Lipinski definition) is 3. The first kappa shape index (κ1) is 20.8. The second-order valence-electron chi connectivity index (χ2n) is 5.26. The molecule has 7 heteroatoms. The van der Waals surface area contributed by atoms with Crippen molar-refractivity contribution in [3.8, 4) is 0 Å². The van der Waals surface area contributed by atoms with Gasteiger partial charge in [-0.05, 0) is 48.9 Å². The Hall–Kier alpha value is -0.520. The summed E-state index contributed by atoms with van der Waals surface area (Å²) >= 11 is 21.4. The standard InChI is InChI=1S/C18H18Cl3NOS2/c1-12(25-14-7-5-13(19)6-8-14)18(23)22-9-10-24-11-15-16(20)3-2-4-17(15)21/h2-8,12H,9-11H2,1H3,(H,22,23)/t12-/m0/s1. The number of nitrogens with one attached hydrogen (secondary N) is 1. The molecule has 2 rings (SSSR count). The molecule has 2 aromatic rings. The highest BCUT2D eigenvalue weighted by atomic mass is 35.5. The summed E-state index contributed by atoms with van der Waals surface area (Å²) in [5.41, 5.74) is 0.939. The Morgan fingerprint density at radius 2 is 1.72 bits per heavy atom. The van der Waals surface area contributed by atoms with E-state index >= 15 is 0 Å². The van der Waals surface area contributed by atoms with Crippen molar-refractivity contribution < 1.29 is 4.79 Å². The summed E-state index contributed by atoms with van der Waals surface area (Å²) in [6, 6.07) is 13.0. The largest absolute Gasteiger partial charge is 0.354 e. The molecule has 0 spiro atoms. The first-order valence-corrected chi connectivity index (χ1v) is 10.8. The van der Waals surface area contributed by atoms with Gasteiger partial charge in [0.1, 0.15) is 0 Å². The summed E-state index contributed by atoms with van der Waals surface area (Å²) in [5, 5.41) is 4.84. The Kier molecular flexibility index (Phi) is 8.80. The number of carbonyl (C=O) groups excluding carboxylic acids is 1.